The maximum absolute atomic E-state index is 11.4. The Balaban J connectivity index is 0.000000304. The van der Waals surface area contributed by atoms with Gasteiger partial charge in [-0.2, -0.15) is 10.5 Å². The Labute approximate surface area is 125 Å². The molecule has 0 aliphatic carbocycles. The quantitative estimate of drug-likeness (QED) is 0.703. The molecule has 0 radical (unpaired) electrons. The van der Waals surface area contributed by atoms with Crippen LogP contribution >= 0.6 is 0 Å². The Morgan fingerprint density at radius 2 is 1.57 bits per heavy atom. The number of imide groups is 1. The molecule has 2 saturated heterocycles. The van der Waals surface area contributed by atoms with Crippen molar-refractivity contribution < 1.29 is 9.59 Å². The second kappa shape index (κ2) is 7.75. The SMILES string of the molecule is C1CCNCC1.CCC1(C)C(C#N)C(=O)NC(=O)C1C#N. The lowest BCUT2D eigenvalue weighted by Crippen LogP contribution is -2.56. The molecule has 0 aromatic carbocycles. The third-order valence-electron chi connectivity index (χ3n) is 4.32. The van der Waals surface area contributed by atoms with Crippen LogP contribution in [-0.4, -0.2) is 24.9 Å². The van der Waals surface area contributed by atoms with Gasteiger partial charge in [0.25, 0.3) is 0 Å². The van der Waals surface area contributed by atoms with Crippen molar-refractivity contribution in [3.8, 4) is 12.1 Å². The van der Waals surface area contributed by atoms with E-state index in [4.69, 9.17) is 10.5 Å². The van der Waals surface area contributed by atoms with Crippen molar-refractivity contribution >= 4 is 11.8 Å². The fourth-order valence-corrected chi connectivity index (χ4v) is 2.65. The molecule has 2 rings (SSSR count). The van der Waals surface area contributed by atoms with Crippen LogP contribution in [0.15, 0.2) is 0 Å². The van der Waals surface area contributed by atoms with E-state index in [1.54, 1.807) is 13.8 Å². The van der Waals surface area contributed by atoms with Crippen LogP contribution in [-0.2, 0) is 9.59 Å². The molecule has 2 aliphatic rings. The maximum atomic E-state index is 11.4. The molecule has 2 N–H and O–H groups in total. The van der Waals surface area contributed by atoms with E-state index >= 15 is 0 Å². The first kappa shape index (κ1) is 17.1. The van der Waals surface area contributed by atoms with Crippen LogP contribution in [0.1, 0.15) is 39.5 Å². The summed E-state index contributed by atoms with van der Waals surface area (Å²) in [5.41, 5.74) is -0.886. The third-order valence-corrected chi connectivity index (χ3v) is 4.32. The predicted octanol–water partition coefficient (Wildman–Crippen LogP) is 1.10. The summed E-state index contributed by atoms with van der Waals surface area (Å²) in [5.74, 6) is -3.08. The molecule has 2 atom stereocenters. The van der Waals surface area contributed by atoms with Crippen molar-refractivity contribution in [3.05, 3.63) is 0 Å². The zero-order valence-electron chi connectivity index (χ0n) is 12.6. The van der Waals surface area contributed by atoms with E-state index in [-0.39, 0.29) is 0 Å². The Hall–Kier alpha value is -1.92. The van der Waals surface area contributed by atoms with Gasteiger partial charge in [-0.1, -0.05) is 20.3 Å². The summed E-state index contributed by atoms with van der Waals surface area (Å²) in [6.07, 6.45) is 4.65. The molecule has 21 heavy (non-hydrogen) atoms. The molecular formula is C15H22N4O2. The van der Waals surface area contributed by atoms with Gasteiger partial charge in [0, 0.05) is 5.41 Å². The molecule has 2 unspecified atom stereocenters. The first-order valence-corrected chi connectivity index (χ1v) is 7.36. The fourth-order valence-electron chi connectivity index (χ4n) is 2.65. The van der Waals surface area contributed by atoms with Gasteiger partial charge in [-0.15, -0.1) is 0 Å². The van der Waals surface area contributed by atoms with E-state index in [0.717, 1.165) is 0 Å². The number of rotatable bonds is 1. The zero-order chi connectivity index (χ0) is 15.9. The average molecular weight is 290 g/mol. The smallest absolute Gasteiger partial charge is 0.244 e. The largest absolute Gasteiger partial charge is 0.317 e. The van der Waals surface area contributed by atoms with E-state index < -0.39 is 29.1 Å². The van der Waals surface area contributed by atoms with Gasteiger partial charge in [-0.3, -0.25) is 14.9 Å². The van der Waals surface area contributed by atoms with Crippen molar-refractivity contribution in [2.75, 3.05) is 13.1 Å². The first-order valence-electron chi connectivity index (χ1n) is 7.36. The van der Waals surface area contributed by atoms with Crippen LogP contribution < -0.4 is 10.6 Å². The first-order chi connectivity index (χ1) is 10.0. The van der Waals surface area contributed by atoms with E-state index in [0.29, 0.717) is 6.42 Å². The van der Waals surface area contributed by atoms with Crippen molar-refractivity contribution in [2.24, 2.45) is 17.3 Å². The van der Waals surface area contributed by atoms with Crippen LogP contribution in [0, 0.1) is 39.9 Å². The van der Waals surface area contributed by atoms with Gasteiger partial charge in [0.05, 0.1) is 12.1 Å². The molecule has 6 nitrogen and oxygen atoms in total. The second-order valence-electron chi connectivity index (χ2n) is 5.65. The molecule has 0 saturated carbocycles. The summed E-state index contributed by atoms with van der Waals surface area (Å²) < 4.78 is 0. The molecule has 2 heterocycles. The Morgan fingerprint density at radius 3 is 1.81 bits per heavy atom. The molecule has 114 valence electrons. The molecule has 6 heteroatoms. The second-order valence-corrected chi connectivity index (χ2v) is 5.65. The number of carbonyl (C=O) groups excluding carboxylic acids is 2. The summed E-state index contributed by atoms with van der Waals surface area (Å²) >= 11 is 0. The fraction of sp³-hybridized carbons (Fsp3) is 0.733. The summed E-state index contributed by atoms with van der Waals surface area (Å²) in [6.45, 7) is 5.89. The number of nitrogens with one attached hydrogen (secondary N) is 2. The minimum absolute atomic E-state index is 0.433. The minimum Gasteiger partial charge on any atom is -0.317 e. The van der Waals surface area contributed by atoms with Crippen molar-refractivity contribution in [1.29, 1.82) is 10.5 Å². The maximum Gasteiger partial charge on any atom is 0.244 e. The molecule has 2 fully saturated rings. The van der Waals surface area contributed by atoms with Crippen LogP contribution in [0.3, 0.4) is 0 Å². The number of nitriles is 2. The van der Waals surface area contributed by atoms with Gasteiger partial charge in [0.15, 0.2) is 0 Å². The Morgan fingerprint density at radius 1 is 1.10 bits per heavy atom. The summed E-state index contributed by atoms with van der Waals surface area (Å²) in [6, 6.07) is 3.73. The zero-order valence-corrected chi connectivity index (χ0v) is 12.6. The molecular weight excluding hydrogens is 268 g/mol. The van der Waals surface area contributed by atoms with Crippen LogP contribution in [0.25, 0.3) is 0 Å². The molecule has 0 spiro atoms. The number of piperidine rings is 2. The van der Waals surface area contributed by atoms with E-state index in [9.17, 15) is 9.59 Å². The topological polar surface area (TPSA) is 106 Å². The van der Waals surface area contributed by atoms with Gasteiger partial charge in [0.2, 0.25) is 11.8 Å². The van der Waals surface area contributed by atoms with E-state index in [1.165, 1.54) is 32.4 Å². The number of amides is 2. The molecule has 0 aromatic heterocycles. The lowest BCUT2D eigenvalue weighted by atomic mass is 9.64. The normalized spacial score (nSPS) is 32.0. The molecule has 2 aliphatic heterocycles. The van der Waals surface area contributed by atoms with Crippen LogP contribution in [0.2, 0.25) is 0 Å². The van der Waals surface area contributed by atoms with Crippen molar-refractivity contribution in [1.82, 2.24) is 10.6 Å². The number of nitrogens with zero attached hydrogens (tertiary/aromatic N) is 2. The summed E-state index contributed by atoms with van der Waals surface area (Å²) in [4.78, 5) is 22.8. The lowest BCUT2D eigenvalue weighted by molar-refractivity contribution is -0.144. The highest BCUT2D eigenvalue weighted by molar-refractivity contribution is 6.03. The minimum atomic E-state index is -0.940. The van der Waals surface area contributed by atoms with E-state index in [1.807, 2.05) is 17.5 Å². The van der Waals surface area contributed by atoms with Crippen molar-refractivity contribution in [3.63, 3.8) is 0 Å². The monoisotopic (exact) mass is 290 g/mol. The summed E-state index contributed by atoms with van der Waals surface area (Å²) in [5, 5.41) is 23.1. The lowest BCUT2D eigenvalue weighted by Gasteiger charge is -2.38. The molecule has 0 bridgehead atoms. The highest BCUT2D eigenvalue weighted by Crippen LogP contribution is 2.41. The van der Waals surface area contributed by atoms with Gasteiger partial charge < -0.3 is 5.32 Å². The third kappa shape index (κ3) is 3.80. The van der Waals surface area contributed by atoms with Gasteiger partial charge in [0.1, 0.15) is 11.8 Å². The van der Waals surface area contributed by atoms with Gasteiger partial charge >= 0.3 is 0 Å². The number of hydrogen-bond acceptors (Lipinski definition) is 5. The highest BCUT2D eigenvalue weighted by Gasteiger charge is 2.52. The molecule has 0 aromatic rings. The standard InChI is InChI=1S/C10H11N3O2.C5H11N/c1-3-10(2)6(4-11)8(14)13-9(15)7(10)5-12;1-2-4-6-5-3-1/h6-7H,3H2,1-2H3,(H,13,14,15);6H,1-5H2. The number of carbonyl (C=O) groups is 2. The number of hydrogen-bond donors (Lipinski definition) is 2. The van der Waals surface area contributed by atoms with Gasteiger partial charge in [-0.05, 0) is 32.4 Å². The Kier molecular flexibility index (Phi) is 6.33. The highest BCUT2D eigenvalue weighted by atomic mass is 16.2. The predicted molar refractivity (Wildman–Crippen MR) is 76.5 cm³/mol. The van der Waals surface area contributed by atoms with Gasteiger partial charge in [-0.25, -0.2) is 0 Å². The molecule has 2 amide bonds. The average Bonchev–Trinajstić information content (AvgIpc) is 2.50. The van der Waals surface area contributed by atoms with Crippen LogP contribution in [0.5, 0.6) is 0 Å². The summed E-state index contributed by atoms with van der Waals surface area (Å²) in [7, 11) is 0. The van der Waals surface area contributed by atoms with Crippen LogP contribution in [0.4, 0.5) is 0 Å². The van der Waals surface area contributed by atoms with Crippen molar-refractivity contribution in [2.45, 2.75) is 39.5 Å². The Bertz CT molecular complexity index is 428. The van der Waals surface area contributed by atoms with E-state index in [2.05, 4.69) is 5.32 Å².